The maximum Gasteiger partial charge on any atom is 0.305 e. The number of aliphatic carboxylic acids is 1. The Balaban J connectivity index is 1.36. The number of amides is 1. The zero-order valence-electron chi connectivity index (χ0n) is 16.8. The largest absolute Gasteiger partial charge is 0.481 e. The Hall–Kier alpha value is -2.66. The van der Waals surface area contributed by atoms with E-state index >= 15 is 0 Å². The molecule has 0 saturated carbocycles. The molecular formula is C24H27NO4. The monoisotopic (exact) mass is 393 g/mol. The van der Waals surface area contributed by atoms with Gasteiger partial charge in [0.1, 0.15) is 0 Å². The van der Waals surface area contributed by atoms with Gasteiger partial charge in [-0.25, -0.2) is 0 Å². The molecule has 2 atom stereocenters. The minimum atomic E-state index is -0.872. The first-order valence-corrected chi connectivity index (χ1v) is 10.3. The molecule has 2 aliphatic rings. The highest BCUT2D eigenvalue weighted by Gasteiger charge is 2.36. The number of carboxylic acids is 1. The van der Waals surface area contributed by atoms with Crippen LogP contribution in [0.5, 0.6) is 0 Å². The zero-order chi connectivity index (χ0) is 20.4. The fourth-order valence-electron chi connectivity index (χ4n) is 4.66. The minimum absolute atomic E-state index is 0.0180. The molecule has 0 spiro atoms. The molecule has 1 saturated heterocycles. The summed E-state index contributed by atoms with van der Waals surface area (Å²) in [5, 5.41) is 9.12. The molecule has 1 fully saturated rings. The molecule has 5 heteroatoms. The van der Waals surface area contributed by atoms with E-state index in [2.05, 4.69) is 42.5 Å². The van der Waals surface area contributed by atoms with Crippen molar-refractivity contribution in [2.24, 2.45) is 0 Å². The number of aryl methyl sites for hydroxylation is 1. The molecule has 2 unspecified atom stereocenters. The van der Waals surface area contributed by atoms with E-state index in [0.717, 1.165) is 19.3 Å². The Morgan fingerprint density at radius 1 is 1.14 bits per heavy atom. The number of hydrogen-bond acceptors (Lipinski definition) is 3. The maximum atomic E-state index is 12.7. The molecule has 152 valence electrons. The van der Waals surface area contributed by atoms with Gasteiger partial charge in [-0.05, 0) is 53.5 Å². The van der Waals surface area contributed by atoms with Gasteiger partial charge < -0.3 is 14.7 Å². The van der Waals surface area contributed by atoms with E-state index in [9.17, 15) is 9.59 Å². The van der Waals surface area contributed by atoms with Crippen LogP contribution in [0.2, 0.25) is 0 Å². The molecule has 1 heterocycles. The van der Waals surface area contributed by atoms with Crippen LogP contribution in [0.1, 0.15) is 42.4 Å². The van der Waals surface area contributed by atoms with Crippen LogP contribution in [-0.4, -0.2) is 47.7 Å². The summed E-state index contributed by atoms with van der Waals surface area (Å²) in [5.41, 5.74) is 6.62. The van der Waals surface area contributed by atoms with Crippen molar-refractivity contribution in [2.45, 2.75) is 50.7 Å². The SMILES string of the molecule is COC1CC(CC(=O)O)N(C(=O)CCCc2ccc3c(c2)-c2ccccc2C3)C1. The third-order valence-corrected chi connectivity index (χ3v) is 6.16. The number of nitrogens with zero attached hydrogens (tertiary/aromatic N) is 1. The summed E-state index contributed by atoms with van der Waals surface area (Å²) < 4.78 is 5.36. The number of likely N-dealkylation sites (tertiary alicyclic amines) is 1. The van der Waals surface area contributed by atoms with Gasteiger partial charge >= 0.3 is 5.97 Å². The topological polar surface area (TPSA) is 66.8 Å². The highest BCUT2D eigenvalue weighted by molar-refractivity contribution is 5.79. The van der Waals surface area contributed by atoms with Crippen molar-refractivity contribution in [3.8, 4) is 11.1 Å². The third-order valence-electron chi connectivity index (χ3n) is 6.16. The van der Waals surface area contributed by atoms with Crippen molar-refractivity contribution < 1.29 is 19.4 Å². The van der Waals surface area contributed by atoms with Crippen LogP contribution in [0, 0.1) is 0 Å². The second-order valence-corrected chi connectivity index (χ2v) is 8.07. The molecule has 0 radical (unpaired) electrons. The van der Waals surface area contributed by atoms with Crippen molar-refractivity contribution in [3.63, 3.8) is 0 Å². The van der Waals surface area contributed by atoms with Crippen LogP contribution >= 0.6 is 0 Å². The molecule has 1 aliphatic carbocycles. The quantitative estimate of drug-likeness (QED) is 0.665. The maximum absolute atomic E-state index is 12.7. The molecule has 0 bridgehead atoms. The lowest BCUT2D eigenvalue weighted by Gasteiger charge is -2.23. The van der Waals surface area contributed by atoms with Crippen molar-refractivity contribution in [2.75, 3.05) is 13.7 Å². The lowest BCUT2D eigenvalue weighted by Crippen LogP contribution is -2.37. The van der Waals surface area contributed by atoms with Gasteiger partial charge in [0, 0.05) is 26.1 Å². The molecule has 1 N–H and O–H groups in total. The number of hydrogen-bond donors (Lipinski definition) is 1. The highest BCUT2D eigenvalue weighted by Crippen LogP contribution is 2.37. The van der Waals surface area contributed by atoms with E-state index in [0.29, 0.717) is 19.4 Å². The first-order chi connectivity index (χ1) is 14.0. The van der Waals surface area contributed by atoms with Gasteiger partial charge in [-0.2, -0.15) is 0 Å². The molecule has 4 rings (SSSR count). The lowest BCUT2D eigenvalue weighted by atomic mass is 10.00. The number of rotatable bonds is 7. The van der Waals surface area contributed by atoms with Crippen molar-refractivity contribution in [1.82, 2.24) is 4.90 Å². The average molecular weight is 393 g/mol. The van der Waals surface area contributed by atoms with E-state index in [1.165, 1.54) is 27.8 Å². The zero-order valence-corrected chi connectivity index (χ0v) is 16.8. The van der Waals surface area contributed by atoms with Gasteiger partial charge in [-0.15, -0.1) is 0 Å². The van der Waals surface area contributed by atoms with Crippen LogP contribution in [0.3, 0.4) is 0 Å². The molecule has 29 heavy (non-hydrogen) atoms. The number of carbonyl (C=O) groups is 2. The lowest BCUT2D eigenvalue weighted by molar-refractivity contribution is -0.139. The molecule has 1 amide bonds. The Bertz CT molecular complexity index is 923. The number of carboxylic acid groups (broad SMARTS) is 1. The first-order valence-electron chi connectivity index (χ1n) is 10.3. The van der Waals surface area contributed by atoms with E-state index in [1.54, 1.807) is 12.0 Å². The van der Waals surface area contributed by atoms with E-state index in [1.807, 2.05) is 0 Å². The molecule has 1 aliphatic heterocycles. The third kappa shape index (κ3) is 4.20. The van der Waals surface area contributed by atoms with Crippen LogP contribution in [0.25, 0.3) is 11.1 Å². The Labute approximate surface area is 171 Å². The van der Waals surface area contributed by atoms with Crippen LogP contribution in [0.15, 0.2) is 42.5 Å². The Kier molecular flexibility index (Phi) is 5.67. The molecule has 2 aromatic carbocycles. The van der Waals surface area contributed by atoms with Crippen LogP contribution in [-0.2, 0) is 27.2 Å². The summed E-state index contributed by atoms with van der Waals surface area (Å²) in [6.45, 7) is 0.489. The van der Waals surface area contributed by atoms with Gasteiger partial charge in [0.2, 0.25) is 5.91 Å². The number of benzene rings is 2. The standard InChI is InChI=1S/C24H27NO4/c1-29-20-13-19(14-24(27)28)25(15-20)23(26)8-4-5-16-9-10-18-12-17-6-2-3-7-21(17)22(18)11-16/h2-3,6-7,9-11,19-20H,4-5,8,12-15H2,1H3,(H,27,28). The highest BCUT2D eigenvalue weighted by atomic mass is 16.5. The molecular weight excluding hydrogens is 366 g/mol. The van der Waals surface area contributed by atoms with Gasteiger partial charge in [0.15, 0.2) is 0 Å². The predicted molar refractivity (Wildman–Crippen MR) is 111 cm³/mol. The second-order valence-electron chi connectivity index (χ2n) is 8.07. The summed E-state index contributed by atoms with van der Waals surface area (Å²) in [7, 11) is 1.61. The summed E-state index contributed by atoms with van der Waals surface area (Å²) >= 11 is 0. The van der Waals surface area contributed by atoms with Crippen LogP contribution in [0.4, 0.5) is 0 Å². The first kappa shape index (κ1) is 19.6. The second kappa shape index (κ2) is 8.37. The van der Waals surface area contributed by atoms with Gasteiger partial charge in [0.25, 0.3) is 0 Å². The summed E-state index contributed by atoms with van der Waals surface area (Å²) in [4.78, 5) is 25.5. The summed E-state index contributed by atoms with van der Waals surface area (Å²) in [6.07, 6.45) is 3.53. The fraction of sp³-hybridized carbons (Fsp3) is 0.417. The number of methoxy groups -OCH3 is 1. The van der Waals surface area contributed by atoms with Crippen molar-refractivity contribution >= 4 is 11.9 Å². The van der Waals surface area contributed by atoms with Crippen molar-refractivity contribution in [3.05, 3.63) is 59.2 Å². The Morgan fingerprint density at radius 2 is 1.93 bits per heavy atom. The predicted octanol–water partition coefficient (Wildman–Crippen LogP) is 3.67. The van der Waals surface area contributed by atoms with Gasteiger partial charge in [-0.1, -0.05) is 42.5 Å². The summed E-state index contributed by atoms with van der Waals surface area (Å²) in [5.74, 6) is -0.842. The average Bonchev–Trinajstić information content (AvgIpc) is 3.28. The van der Waals surface area contributed by atoms with E-state index in [4.69, 9.17) is 9.84 Å². The molecule has 0 aromatic heterocycles. The number of ether oxygens (including phenoxy) is 1. The molecule has 2 aromatic rings. The Morgan fingerprint density at radius 3 is 2.72 bits per heavy atom. The number of fused-ring (bicyclic) bond motifs is 3. The van der Waals surface area contributed by atoms with Gasteiger partial charge in [0.05, 0.1) is 12.5 Å². The van der Waals surface area contributed by atoms with Crippen molar-refractivity contribution in [1.29, 1.82) is 0 Å². The van der Waals surface area contributed by atoms with E-state index < -0.39 is 5.97 Å². The van der Waals surface area contributed by atoms with E-state index in [-0.39, 0.29) is 24.5 Å². The normalized spacial score (nSPS) is 19.8. The minimum Gasteiger partial charge on any atom is -0.481 e. The number of carbonyl (C=O) groups excluding carboxylic acids is 1. The van der Waals surface area contributed by atoms with Gasteiger partial charge in [-0.3, -0.25) is 9.59 Å². The van der Waals surface area contributed by atoms with Crippen LogP contribution < -0.4 is 0 Å². The summed E-state index contributed by atoms with van der Waals surface area (Å²) in [6, 6.07) is 14.9. The molecule has 5 nitrogen and oxygen atoms in total. The smallest absolute Gasteiger partial charge is 0.305 e. The fourth-order valence-corrected chi connectivity index (χ4v) is 4.66.